The Balaban J connectivity index is 1.37. The number of nitrogens with zero attached hydrogens (tertiary/aromatic N) is 1. The Hall–Kier alpha value is -0.850. The average Bonchev–Trinajstić information content (AvgIpc) is 3.08. The van der Waals surface area contributed by atoms with Gasteiger partial charge in [-0.05, 0) is 46.0 Å². The van der Waals surface area contributed by atoms with Gasteiger partial charge >= 0.3 is 0 Å². The zero-order valence-corrected chi connectivity index (χ0v) is 16.6. The van der Waals surface area contributed by atoms with Gasteiger partial charge in [0.15, 0.2) is 5.96 Å². The highest BCUT2D eigenvalue weighted by atomic mass is 16.5. The minimum absolute atomic E-state index is 0.360. The molecule has 0 radical (unpaired) electrons. The van der Waals surface area contributed by atoms with Crippen LogP contribution in [0.3, 0.4) is 0 Å². The van der Waals surface area contributed by atoms with Crippen LogP contribution < -0.4 is 10.6 Å². The molecule has 0 amide bonds. The second-order valence-electron chi connectivity index (χ2n) is 7.88. The Kier molecular flexibility index (Phi) is 7.58. The van der Waals surface area contributed by atoms with Crippen LogP contribution in [-0.2, 0) is 14.2 Å². The Labute approximate surface area is 158 Å². The molecule has 1 heterocycles. The van der Waals surface area contributed by atoms with E-state index in [0.29, 0.717) is 23.5 Å². The second kappa shape index (κ2) is 9.90. The highest BCUT2D eigenvalue weighted by Gasteiger charge is 2.59. The molecule has 1 aliphatic heterocycles. The van der Waals surface area contributed by atoms with Crippen molar-refractivity contribution in [2.24, 2.45) is 16.3 Å². The number of guanidine groups is 1. The van der Waals surface area contributed by atoms with Gasteiger partial charge in [0.25, 0.3) is 0 Å². The van der Waals surface area contributed by atoms with E-state index in [-0.39, 0.29) is 0 Å². The van der Waals surface area contributed by atoms with Gasteiger partial charge in [-0.3, -0.25) is 4.99 Å². The van der Waals surface area contributed by atoms with Crippen molar-refractivity contribution < 1.29 is 14.2 Å². The predicted octanol–water partition coefficient (Wildman–Crippen LogP) is 2.33. The number of ether oxygens (including phenoxy) is 3. The minimum Gasteiger partial charge on any atom is -0.381 e. The van der Waals surface area contributed by atoms with Crippen LogP contribution in [0.4, 0.5) is 0 Å². The van der Waals surface area contributed by atoms with Gasteiger partial charge in [-0.2, -0.15) is 0 Å². The second-order valence-corrected chi connectivity index (χ2v) is 7.88. The fourth-order valence-corrected chi connectivity index (χ4v) is 4.45. The molecular formula is C20H37N3O3. The summed E-state index contributed by atoms with van der Waals surface area (Å²) in [6, 6.07) is 0.504. The number of hydrogen-bond acceptors (Lipinski definition) is 4. The lowest BCUT2D eigenvalue weighted by Crippen LogP contribution is -2.68. The van der Waals surface area contributed by atoms with Crippen LogP contribution >= 0.6 is 0 Å². The van der Waals surface area contributed by atoms with Crippen molar-refractivity contribution in [2.75, 3.05) is 46.1 Å². The maximum absolute atomic E-state index is 5.95. The largest absolute Gasteiger partial charge is 0.381 e. The molecule has 0 aromatic heterocycles. The lowest BCUT2D eigenvalue weighted by molar-refractivity contribution is -0.168. The van der Waals surface area contributed by atoms with Crippen molar-refractivity contribution in [1.82, 2.24) is 10.6 Å². The first-order chi connectivity index (χ1) is 12.8. The van der Waals surface area contributed by atoms with Gasteiger partial charge in [-0.25, -0.2) is 0 Å². The number of hydrogen-bond donors (Lipinski definition) is 2. The topological polar surface area (TPSA) is 64.1 Å². The van der Waals surface area contributed by atoms with Gasteiger partial charge in [-0.15, -0.1) is 0 Å². The van der Waals surface area contributed by atoms with Gasteiger partial charge in [0, 0.05) is 50.3 Å². The Morgan fingerprint density at radius 1 is 1.31 bits per heavy atom. The third-order valence-electron chi connectivity index (χ3n) is 6.19. The summed E-state index contributed by atoms with van der Waals surface area (Å²) in [6.07, 6.45) is 7.54. The molecule has 0 aromatic carbocycles. The smallest absolute Gasteiger partial charge is 0.191 e. The predicted molar refractivity (Wildman–Crippen MR) is 104 cm³/mol. The van der Waals surface area contributed by atoms with Crippen molar-refractivity contribution in [3.8, 4) is 0 Å². The van der Waals surface area contributed by atoms with Crippen LogP contribution in [0.15, 0.2) is 4.99 Å². The van der Waals surface area contributed by atoms with Gasteiger partial charge < -0.3 is 24.8 Å². The minimum atomic E-state index is 0.360. The summed E-state index contributed by atoms with van der Waals surface area (Å²) >= 11 is 0. The van der Waals surface area contributed by atoms with Crippen molar-refractivity contribution in [1.29, 1.82) is 0 Å². The standard InChI is InChI=1S/C20H37N3O3/c1-3-21-19(22-10-6-11-24-14-16-7-12-25-15-16)23-17-13-18(26-4-2)20(17)8-5-9-20/h16-18H,3-15H2,1-2H3,(H2,21,22,23). The van der Waals surface area contributed by atoms with E-state index in [0.717, 1.165) is 71.3 Å². The first kappa shape index (κ1) is 19.9. The number of rotatable bonds is 10. The molecule has 3 atom stereocenters. The summed E-state index contributed by atoms with van der Waals surface area (Å²) in [5, 5.41) is 7.06. The summed E-state index contributed by atoms with van der Waals surface area (Å²) < 4.78 is 17.1. The van der Waals surface area contributed by atoms with Crippen LogP contribution in [0.25, 0.3) is 0 Å². The summed E-state index contributed by atoms with van der Waals surface area (Å²) in [4.78, 5) is 4.75. The molecule has 2 N–H and O–H groups in total. The van der Waals surface area contributed by atoms with Gasteiger partial charge in [0.05, 0.1) is 19.3 Å². The maximum atomic E-state index is 5.95. The van der Waals surface area contributed by atoms with E-state index in [1.165, 1.54) is 19.3 Å². The van der Waals surface area contributed by atoms with Crippen LogP contribution in [0.1, 0.15) is 52.4 Å². The SMILES string of the molecule is CCNC(=NCCCOCC1CCOC1)NC1CC(OCC)C12CCC2. The lowest BCUT2D eigenvalue weighted by Gasteiger charge is -2.61. The highest BCUT2D eigenvalue weighted by molar-refractivity contribution is 5.80. The molecule has 2 saturated carbocycles. The fourth-order valence-electron chi connectivity index (χ4n) is 4.45. The summed E-state index contributed by atoms with van der Waals surface area (Å²) in [5.74, 6) is 1.54. The molecule has 3 unspecified atom stereocenters. The molecule has 150 valence electrons. The molecule has 6 nitrogen and oxygen atoms in total. The number of nitrogens with one attached hydrogen (secondary N) is 2. The highest BCUT2D eigenvalue weighted by Crippen LogP contribution is 2.57. The van der Waals surface area contributed by atoms with E-state index in [4.69, 9.17) is 19.2 Å². The normalized spacial score (nSPS) is 30.1. The van der Waals surface area contributed by atoms with Crippen LogP contribution in [0.5, 0.6) is 0 Å². The summed E-state index contributed by atoms with van der Waals surface area (Å²) in [5.41, 5.74) is 0.360. The van der Waals surface area contributed by atoms with Crippen molar-refractivity contribution in [2.45, 2.75) is 64.5 Å². The van der Waals surface area contributed by atoms with Gasteiger partial charge in [0.1, 0.15) is 0 Å². The van der Waals surface area contributed by atoms with Crippen LogP contribution in [-0.4, -0.2) is 64.2 Å². The molecule has 1 saturated heterocycles. The van der Waals surface area contributed by atoms with E-state index in [1.807, 2.05) is 0 Å². The Bertz CT molecular complexity index is 448. The zero-order chi connectivity index (χ0) is 18.2. The molecule has 3 fully saturated rings. The van der Waals surface area contributed by atoms with Crippen molar-refractivity contribution in [3.05, 3.63) is 0 Å². The van der Waals surface area contributed by atoms with E-state index in [2.05, 4.69) is 24.5 Å². The van der Waals surface area contributed by atoms with E-state index in [1.54, 1.807) is 0 Å². The first-order valence-electron chi connectivity index (χ1n) is 10.6. The molecule has 6 heteroatoms. The first-order valence-corrected chi connectivity index (χ1v) is 10.6. The third-order valence-corrected chi connectivity index (χ3v) is 6.19. The molecule has 3 rings (SSSR count). The molecule has 1 spiro atoms. The Morgan fingerprint density at radius 2 is 2.19 bits per heavy atom. The van der Waals surface area contributed by atoms with Gasteiger partial charge in [0.2, 0.25) is 0 Å². The quantitative estimate of drug-likeness (QED) is 0.352. The van der Waals surface area contributed by atoms with Crippen molar-refractivity contribution >= 4 is 5.96 Å². The van der Waals surface area contributed by atoms with Crippen LogP contribution in [0.2, 0.25) is 0 Å². The molecule has 0 bridgehead atoms. The maximum Gasteiger partial charge on any atom is 0.191 e. The molecule has 0 aromatic rings. The Morgan fingerprint density at radius 3 is 2.85 bits per heavy atom. The summed E-state index contributed by atoms with van der Waals surface area (Å²) in [6.45, 7) is 10.1. The average molecular weight is 368 g/mol. The summed E-state index contributed by atoms with van der Waals surface area (Å²) in [7, 11) is 0. The van der Waals surface area contributed by atoms with E-state index < -0.39 is 0 Å². The third kappa shape index (κ3) is 4.70. The van der Waals surface area contributed by atoms with Gasteiger partial charge in [-0.1, -0.05) is 6.42 Å². The number of aliphatic imine (C=N–C) groups is 1. The van der Waals surface area contributed by atoms with Crippen LogP contribution in [0, 0.1) is 11.3 Å². The fraction of sp³-hybridized carbons (Fsp3) is 0.950. The molecule has 26 heavy (non-hydrogen) atoms. The lowest BCUT2D eigenvalue weighted by atomic mass is 9.51. The molecule has 3 aliphatic rings. The zero-order valence-electron chi connectivity index (χ0n) is 16.6. The molecule has 2 aliphatic carbocycles. The monoisotopic (exact) mass is 367 g/mol. The molecular weight excluding hydrogens is 330 g/mol. The van der Waals surface area contributed by atoms with Crippen molar-refractivity contribution in [3.63, 3.8) is 0 Å². The van der Waals surface area contributed by atoms with E-state index >= 15 is 0 Å². The van der Waals surface area contributed by atoms with E-state index in [9.17, 15) is 0 Å².